The number of carboxylic acid groups (broad SMARTS) is 1. The summed E-state index contributed by atoms with van der Waals surface area (Å²) in [5.41, 5.74) is 2.15. The van der Waals surface area contributed by atoms with Gasteiger partial charge in [-0.15, -0.1) is 0 Å². The van der Waals surface area contributed by atoms with Crippen molar-refractivity contribution in [1.82, 2.24) is 0 Å². The van der Waals surface area contributed by atoms with Crippen LogP contribution in [0.5, 0.6) is 0 Å². The van der Waals surface area contributed by atoms with Crippen LogP contribution >= 0.6 is 11.6 Å². The van der Waals surface area contributed by atoms with Gasteiger partial charge in [0.2, 0.25) is 0 Å². The van der Waals surface area contributed by atoms with Crippen LogP contribution in [0, 0.1) is 5.82 Å². The van der Waals surface area contributed by atoms with Gasteiger partial charge in [-0.2, -0.15) is 0 Å². The summed E-state index contributed by atoms with van der Waals surface area (Å²) in [7, 11) is 0. The van der Waals surface area contributed by atoms with Crippen molar-refractivity contribution in [3.63, 3.8) is 0 Å². The summed E-state index contributed by atoms with van der Waals surface area (Å²) in [6, 6.07) is 9.25. The molecule has 33 heavy (non-hydrogen) atoms. The Morgan fingerprint density at radius 2 is 1.88 bits per heavy atom. The molecular formula is C24H29ClFN3O4. The first-order chi connectivity index (χ1) is 15.8. The predicted molar refractivity (Wildman–Crippen MR) is 128 cm³/mol. The Morgan fingerprint density at radius 1 is 1.18 bits per heavy atom. The third-order valence-corrected chi connectivity index (χ3v) is 6.01. The number of rotatable bonds is 8. The molecule has 0 saturated carbocycles. The molecule has 0 spiro atoms. The van der Waals surface area contributed by atoms with Crippen molar-refractivity contribution in [2.45, 2.75) is 45.1 Å². The van der Waals surface area contributed by atoms with Crippen LogP contribution < -0.4 is 15.5 Å². The number of ether oxygens (including phenoxy) is 1. The first-order valence-electron chi connectivity index (χ1n) is 11.0. The van der Waals surface area contributed by atoms with Gasteiger partial charge in [0, 0.05) is 30.8 Å². The molecule has 1 aliphatic rings. The quantitative estimate of drug-likeness (QED) is 0.453. The Labute approximate surface area is 197 Å². The molecule has 2 aromatic rings. The lowest BCUT2D eigenvalue weighted by molar-refractivity contribution is -0.137. The zero-order valence-electron chi connectivity index (χ0n) is 18.7. The fraction of sp³-hybridized carbons (Fsp3) is 0.417. The standard InChI is InChI=1S/C24H29ClFN3O4/c1-3-29(18-8-10-33-11-9-18)22-7-4-16(15(2)12-23(30)31)13-21(22)28-24(32)27-20-6-5-17(25)14-19(20)26/h4-7,13-15,18H,3,8-12H2,1-2H3,(H,30,31)(H2,27,28,32). The van der Waals surface area contributed by atoms with Crippen LogP contribution in [0.3, 0.4) is 0 Å². The highest BCUT2D eigenvalue weighted by atomic mass is 35.5. The molecule has 2 amide bonds. The van der Waals surface area contributed by atoms with E-state index in [-0.39, 0.29) is 29.1 Å². The normalized spacial score (nSPS) is 15.0. The molecule has 178 valence electrons. The number of nitrogens with one attached hydrogen (secondary N) is 2. The van der Waals surface area contributed by atoms with Gasteiger partial charge in [0.25, 0.3) is 0 Å². The highest BCUT2D eigenvalue weighted by Gasteiger charge is 2.24. The first-order valence-corrected chi connectivity index (χ1v) is 11.4. The molecule has 3 rings (SSSR count). The smallest absolute Gasteiger partial charge is 0.323 e. The molecule has 0 aromatic heterocycles. The predicted octanol–water partition coefficient (Wildman–Crippen LogP) is 5.71. The van der Waals surface area contributed by atoms with Crippen LogP contribution in [0.4, 0.5) is 26.2 Å². The van der Waals surface area contributed by atoms with Crippen LogP contribution in [-0.4, -0.2) is 42.9 Å². The minimum atomic E-state index is -0.894. The molecule has 3 N–H and O–H groups in total. The minimum absolute atomic E-state index is 0.00521. The second kappa shape index (κ2) is 11.3. The van der Waals surface area contributed by atoms with Crippen molar-refractivity contribution in [2.24, 2.45) is 0 Å². The van der Waals surface area contributed by atoms with Crippen molar-refractivity contribution in [3.8, 4) is 0 Å². The van der Waals surface area contributed by atoms with E-state index in [1.807, 2.05) is 26.0 Å². The second-order valence-corrected chi connectivity index (χ2v) is 8.54. The third-order valence-electron chi connectivity index (χ3n) is 5.78. The summed E-state index contributed by atoms with van der Waals surface area (Å²) in [6.07, 6.45) is 1.71. The molecule has 1 aliphatic heterocycles. The number of carbonyl (C=O) groups is 2. The topological polar surface area (TPSA) is 90.9 Å². The van der Waals surface area contributed by atoms with Crippen molar-refractivity contribution in [2.75, 3.05) is 35.3 Å². The highest BCUT2D eigenvalue weighted by molar-refractivity contribution is 6.30. The van der Waals surface area contributed by atoms with Gasteiger partial charge in [0.05, 0.1) is 23.5 Å². The van der Waals surface area contributed by atoms with Crippen molar-refractivity contribution in [3.05, 3.63) is 52.8 Å². The molecule has 0 aliphatic carbocycles. The summed E-state index contributed by atoms with van der Waals surface area (Å²) >= 11 is 5.79. The molecule has 2 aromatic carbocycles. The van der Waals surface area contributed by atoms with Gasteiger partial charge in [-0.25, -0.2) is 9.18 Å². The molecule has 1 unspecified atom stereocenters. The van der Waals surface area contributed by atoms with Crippen LogP contribution in [0.25, 0.3) is 0 Å². The van der Waals surface area contributed by atoms with Gasteiger partial charge in [-0.05, 0) is 61.6 Å². The van der Waals surface area contributed by atoms with E-state index in [1.54, 1.807) is 6.07 Å². The van der Waals surface area contributed by atoms with E-state index in [0.717, 1.165) is 36.7 Å². The Balaban J connectivity index is 1.90. The van der Waals surface area contributed by atoms with E-state index >= 15 is 0 Å². The number of anilines is 3. The third kappa shape index (κ3) is 6.58. The van der Waals surface area contributed by atoms with Crippen LogP contribution in [0.15, 0.2) is 36.4 Å². The molecule has 1 heterocycles. The number of carbonyl (C=O) groups excluding carboxylic acids is 1. The number of urea groups is 1. The van der Waals surface area contributed by atoms with Gasteiger partial charge in [0.15, 0.2) is 0 Å². The highest BCUT2D eigenvalue weighted by Crippen LogP contribution is 2.34. The maximum Gasteiger partial charge on any atom is 0.323 e. The SMILES string of the molecule is CCN(c1ccc(C(C)CC(=O)O)cc1NC(=O)Nc1ccc(Cl)cc1F)C1CCOCC1. The lowest BCUT2D eigenvalue weighted by atomic mass is 9.96. The average molecular weight is 478 g/mol. The molecule has 1 fully saturated rings. The zero-order chi connectivity index (χ0) is 24.0. The maximum absolute atomic E-state index is 14.1. The molecule has 7 nitrogen and oxygen atoms in total. The number of carboxylic acids is 1. The molecule has 1 saturated heterocycles. The van der Waals surface area contributed by atoms with Gasteiger partial charge >= 0.3 is 12.0 Å². The monoisotopic (exact) mass is 477 g/mol. The fourth-order valence-electron chi connectivity index (χ4n) is 4.08. The van der Waals surface area contributed by atoms with E-state index in [2.05, 4.69) is 15.5 Å². The Kier molecular flexibility index (Phi) is 8.52. The number of hydrogen-bond acceptors (Lipinski definition) is 4. The van der Waals surface area contributed by atoms with E-state index in [1.165, 1.54) is 12.1 Å². The molecule has 9 heteroatoms. The Bertz CT molecular complexity index is 998. The van der Waals surface area contributed by atoms with Crippen molar-refractivity contribution in [1.29, 1.82) is 0 Å². The summed E-state index contributed by atoms with van der Waals surface area (Å²) < 4.78 is 19.6. The molecule has 1 atom stereocenters. The van der Waals surface area contributed by atoms with Gasteiger partial charge < -0.3 is 25.4 Å². The number of benzene rings is 2. The number of amides is 2. The van der Waals surface area contributed by atoms with Crippen LogP contribution in [-0.2, 0) is 9.53 Å². The molecule has 0 bridgehead atoms. The zero-order valence-corrected chi connectivity index (χ0v) is 19.5. The summed E-state index contributed by atoms with van der Waals surface area (Å²) in [5, 5.41) is 14.8. The largest absolute Gasteiger partial charge is 0.481 e. The van der Waals surface area contributed by atoms with Gasteiger partial charge in [-0.3, -0.25) is 4.79 Å². The maximum atomic E-state index is 14.1. The lowest BCUT2D eigenvalue weighted by Gasteiger charge is -2.36. The summed E-state index contributed by atoms with van der Waals surface area (Å²) in [5.74, 6) is -1.78. The van der Waals surface area contributed by atoms with Gasteiger partial charge in [-0.1, -0.05) is 24.6 Å². The number of aliphatic carboxylic acids is 1. The van der Waals surface area contributed by atoms with Crippen LogP contribution in [0.2, 0.25) is 5.02 Å². The van der Waals surface area contributed by atoms with E-state index in [0.29, 0.717) is 18.9 Å². The summed E-state index contributed by atoms with van der Waals surface area (Å²) in [4.78, 5) is 26.2. The second-order valence-electron chi connectivity index (χ2n) is 8.11. The van der Waals surface area contributed by atoms with Crippen molar-refractivity contribution >= 4 is 40.7 Å². The van der Waals surface area contributed by atoms with E-state index in [9.17, 15) is 19.1 Å². The van der Waals surface area contributed by atoms with Crippen LogP contribution in [0.1, 0.15) is 44.6 Å². The Morgan fingerprint density at radius 3 is 2.52 bits per heavy atom. The molecular weight excluding hydrogens is 449 g/mol. The summed E-state index contributed by atoms with van der Waals surface area (Å²) in [6.45, 7) is 5.94. The molecule has 0 radical (unpaired) electrons. The number of nitrogens with zero attached hydrogens (tertiary/aromatic N) is 1. The minimum Gasteiger partial charge on any atom is -0.481 e. The number of hydrogen-bond donors (Lipinski definition) is 3. The average Bonchev–Trinajstić information content (AvgIpc) is 2.77. The van der Waals surface area contributed by atoms with E-state index in [4.69, 9.17) is 16.3 Å². The number of halogens is 2. The van der Waals surface area contributed by atoms with Crippen molar-refractivity contribution < 1.29 is 23.8 Å². The van der Waals surface area contributed by atoms with Gasteiger partial charge in [0.1, 0.15) is 5.82 Å². The Hall–Kier alpha value is -2.84. The van der Waals surface area contributed by atoms with E-state index < -0.39 is 17.8 Å². The first kappa shape index (κ1) is 24.8. The fourth-order valence-corrected chi connectivity index (χ4v) is 4.24. The lowest BCUT2D eigenvalue weighted by Crippen LogP contribution is -2.40.